The van der Waals surface area contributed by atoms with Gasteiger partial charge in [-0.05, 0) is 37.3 Å². The number of pyridine rings is 1. The Hall–Kier alpha value is -4.31. The van der Waals surface area contributed by atoms with Gasteiger partial charge in [0.15, 0.2) is 5.13 Å². The topological polar surface area (TPSA) is 115 Å². The van der Waals surface area contributed by atoms with Gasteiger partial charge in [-0.2, -0.15) is 0 Å². The summed E-state index contributed by atoms with van der Waals surface area (Å²) in [6.07, 6.45) is 4.85. The molecule has 0 atom stereocenters. The van der Waals surface area contributed by atoms with Crippen molar-refractivity contribution in [2.45, 2.75) is 13.3 Å². The highest BCUT2D eigenvalue weighted by Gasteiger charge is 2.15. The molecule has 0 aliphatic heterocycles. The molecule has 0 saturated heterocycles. The van der Waals surface area contributed by atoms with Gasteiger partial charge in [-0.25, -0.2) is 15.0 Å². The molecule has 0 unspecified atom stereocenters. The third-order valence-corrected chi connectivity index (χ3v) is 5.76. The Kier molecular flexibility index (Phi) is 5.41. The summed E-state index contributed by atoms with van der Waals surface area (Å²) in [5, 5.41) is 7.70. The van der Waals surface area contributed by atoms with Gasteiger partial charge in [0.25, 0.3) is 5.91 Å². The van der Waals surface area contributed by atoms with E-state index in [-0.39, 0.29) is 18.2 Å². The summed E-state index contributed by atoms with van der Waals surface area (Å²) in [6.45, 7) is 1.71. The number of hydrogen-bond donors (Lipinski definition) is 2. The first-order valence-corrected chi connectivity index (χ1v) is 10.9. The summed E-state index contributed by atoms with van der Waals surface area (Å²) in [4.78, 5) is 37.8. The first kappa shape index (κ1) is 20.6. The summed E-state index contributed by atoms with van der Waals surface area (Å²) >= 11 is 1.26. The monoisotopic (exact) mass is 458 g/mol. The van der Waals surface area contributed by atoms with E-state index in [0.717, 1.165) is 11.0 Å². The highest BCUT2D eigenvalue weighted by Crippen LogP contribution is 2.20. The molecule has 0 radical (unpaired) electrons. The van der Waals surface area contributed by atoms with E-state index in [2.05, 4.69) is 25.6 Å². The van der Waals surface area contributed by atoms with Crippen LogP contribution in [-0.2, 0) is 11.2 Å². The van der Waals surface area contributed by atoms with Gasteiger partial charge in [0.05, 0.1) is 46.9 Å². The number of nitrogens with zero attached hydrogens (tertiary/aromatic N) is 4. The van der Waals surface area contributed by atoms with Gasteiger partial charge in [0, 0.05) is 5.38 Å². The number of fused-ring (bicyclic) bond motifs is 1. The Labute approximate surface area is 192 Å². The Balaban J connectivity index is 1.20. The van der Waals surface area contributed by atoms with Crippen LogP contribution in [0.2, 0.25) is 0 Å². The number of anilines is 2. The molecule has 0 aliphatic carbocycles. The number of carbonyl (C=O) groups excluding carboxylic acids is 2. The zero-order valence-corrected chi connectivity index (χ0v) is 18.3. The number of hydrogen-bond acceptors (Lipinski definition) is 7. The molecule has 5 rings (SSSR count). The molecule has 0 fully saturated rings. The van der Waals surface area contributed by atoms with Crippen molar-refractivity contribution in [1.82, 2.24) is 19.5 Å². The van der Waals surface area contributed by atoms with Gasteiger partial charge in [-0.15, -0.1) is 11.3 Å². The minimum atomic E-state index is -0.302. The molecule has 5 aromatic rings. The molecule has 10 heteroatoms. The third-order valence-electron chi connectivity index (χ3n) is 4.95. The summed E-state index contributed by atoms with van der Waals surface area (Å²) < 4.78 is 7.03. The molecular formula is C23H18N6O3S. The number of benzene rings is 1. The molecule has 0 aliphatic rings. The maximum atomic E-state index is 12.4. The number of carbonyl (C=O) groups is 2. The van der Waals surface area contributed by atoms with Gasteiger partial charge in [-0.3, -0.25) is 19.5 Å². The lowest BCUT2D eigenvalue weighted by Crippen LogP contribution is -2.15. The Bertz CT molecular complexity index is 1450. The number of nitrogens with one attached hydrogen (secondary N) is 2. The van der Waals surface area contributed by atoms with Crippen molar-refractivity contribution in [1.29, 1.82) is 0 Å². The Morgan fingerprint density at radius 2 is 1.97 bits per heavy atom. The van der Waals surface area contributed by atoms with Gasteiger partial charge >= 0.3 is 0 Å². The van der Waals surface area contributed by atoms with Crippen LogP contribution in [0.5, 0.6) is 0 Å². The molecule has 1 aromatic carbocycles. The van der Waals surface area contributed by atoms with Crippen LogP contribution in [0.25, 0.3) is 16.9 Å². The van der Waals surface area contributed by atoms with Crippen molar-refractivity contribution in [3.05, 3.63) is 83.6 Å². The maximum Gasteiger partial charge on any atom is 0.260 e. The molecule has 33 heavy (non-hydrogen) atoms. The average Bonchev–Trinajstić information content (AvgIpc) is 3.54. The number of imidazole rings is 1. The summed E-state index contributed by atoms with van der Waals surface area (Å²) in [5.74, 6) is 0.703. The third kappa shape index (κ3) is 4.37. The lowest BCUT2D eigenvalue weighted by Gasteiger charge is -2.06. The van der Waals surface area contributed by atoms with E-state index in [4.69, 9.17) is 4.42 Å². The molecule has 2 amide bonds. The number of aryl methyl sites for hydroxylation is 1. The van der Waals surface area contributed by atoms with Crippen molar-refractivity contribution in [3.8, 4) is 5.82 Å². The summed E-state index contributed by atoms with van der Waals surface area (Å²) in [5.41, 5.74) is 3.43. The van der Waals surface area contributed by atoms with E-state index in [1.165, 1.54) is 17.6 Å². The standard InChI is InChI=1S/C23H18N6O3S/c1-14-17(8-9-32-14)22(31)28-23-27-16(12-33-23)10-21(30)26-15-6-7-20(24-11-15)29-13-25-18-4-2-3-5-19(18)29/h2-9,11-13H,10H2,1H3,(H,26,30)(H,27,28,31). The maximum absolute atomic E-state index is 12.4. The van der Waals surface area contributed by atoms with Crippen molar-refractivity contribution in [2.75, 3.05) is 10.6 Å². The van der Waals surface area contributed by atoms with Crippen LogP contribution in [-0.4, -0.2) is 31.3 Å². The average molecular weight is 459 g/mol. The predicted molar refractivity (Wildman–Crippen MR) is 125 cm³/mol. The number of para-hydroxylation sites is 2. The molecule has 0 bridgehead atoms. The highest BCUT2D eigenvalue weighted by atomic mass is 32.1. The fourth-order valence-corrected chi connectivity index (χ4v) is 4.05. The van der Waals surface area contributed by atoms with Crippen LogP contribution >= 0.6 is 11.3 Å². The van der Waals surface area contributed by atoms with E-state index >= 15 is 0 Å². The Morgan fingerprint density at radius 1 is 1.09 bits per heavy atom. The zero-order chi connectivity index (χ0) is 22.8. The molecule has 164 valence electrons. The zero-order valence-electron chi connectivity index (χ0n) is 17.5. The lowest BCUT2D eigenvalue weighted by molar-refractivity contribution is -0.115. The van der Waals surface area contributed by atoms with Crippen LogP contribution in [0.4, 0.5) is 10.8 Å². The molecule has 4 aromatic heterocycles. The van der Waals surface area contributed by atoms with Crippen LogP contribution < -0.4 is 10.6 Å². The minimum Gasteiger partial charge on any atom is -0.469 e. The largest absolute Gasteiger partial charge is 0.469 e. The lowest BCUT2D eigenvalue weighted by atomic mass is 10.2. The van der Waals surface area contributed by atoms with E-state index < -0.39 is 0 Å². The van der Waals surface area contributed by atoms with Crippen LogP contribution in [0.15, 0.2) is 71.0 Å². The second-order valence-electron chi connectivity index (χ2n) is 7.22. The fourth-order valence-electron chi connectivity index (χ4n) is 3.34. The molecule has 4 heterocycles. The van der Waals surface area contributed by atoms with Crippen LogP contribution in [0.1, 0.15) is 21.8 Å². The van der Waals surface area contributed by atoms with E-state index in [9.17, 15) is 9.59 Å². The summed E-state index contributed by atoms with van der Waals surface area (Å²) in [6, 6.07) is 13.0. The van der Waals surface area contributed by atoms with Gasteiger partial charge < -0.3 is 9.73 Å². The van der Waals surface area contributed by atoms with Crippen LogP contribution in [0, 0.1) is 6.92 Å². The number of rotatable bonds is 6. The van der Waals surface area contributed by atoms with E-state index in [0.29, 0.717) is 33.7 Å². The molecule has 0 spiro atoms. The second-order valence-corrected chi connectivity index (χ2v) is 8.08. The van der Waals surface area contributed by atoms with E-state index in [1.54, 1.807) is 37.0 Å². The van der Waals surface area contributed by atoms with Gasteiger partial charge in [0.1, 0.15) is 17.9 Å². The van der Waals surface area contributed by atoms with Crippen molar-refractivity contribution in [2.24, 2.45) is 0 Å². The number of furan rings is 1. The first-order valence-electron chi connectivity index (χ1n) is 10.0. The SMILES string of the molecule is Cc1occc1C(=O)Nc1nc(CC(=O)Nc2ccc(-n3cnc4ccccc43)nc2)cs1. The fraction of sp³-hybridized carbons (Fsp3) is 0.0870. The predicted octanol–water partition coefficient (Wildman–Crippen LogP) is 4.21. The molecule has 0 saturated carbocycles. The number of amides is 2. The van der Waals surface area contributed by atoms with Gasteiger partial charge in [0.2, 0.25) is 5.91 Å². The van der Waals surface area contributed by atoms with Crippen LogP contribution in [0.3, 0.4) is 0 Å². The van der Waals surface area contributed by atoms with Crippen molar-refractivity contribution < 1.29 is 14.0 Å². The molecule has 2 N–H and O–H groups in total. The van der Waals surface area contributed by atoms with Gasteiger partial charge in [-0.1, -0.05) is 12.1 Å². The number of aromatic nitrogens is 4. The molecule has 9 nitrogen and oxygen atoms in total. The summed E-state index contributed by atoms with van der Waals surface area (Å²) in [7, 11) is 0. The second kappa shape index (κ2) is 8.67. The van der Waals surface area contributed by atoms with Crippen molar-refractivity contribution in [3.63, 3.8) is 0 Å². The van der Waals surface area contributed by atoms with Crippen molar-refractivity contribution >= 4 is 45.0 Å². The Morgan fingerprint density at radius 3 is 2.76 bits per heavy atom. The molecular weight excluding hydrogens is 440 g/mol. The smallest absolute Gasteiger partial charge is 0.260 e. The number of thiazole rings is 1. The van der Waals surface area contributed by atoms with E-state index in [1.807, 2.05) is 34.9 Å². The highest BCUT2D eigenvalue weighted by molar-refractivity contribution is 7.14. The first-order chi connectivity index (χ1) is 16.1. The quantitative estimate of drug-likeness (QED) is 0.394. The minimum absolute atomic E-state index is 0.0744. The normalized spacial score (nSPS) is 10.9.